The summed E-state index contributed by atoms with van der Waals surface area (Å²) in [5, 5.41) is 0. The third-order valence-electron chi connectivity index (χ3n) is 2.55. The molecule has 0 N–H and O–H groups in total. The van der Waals surface area contributed by atoms with Gasteiger partial charge in [-0.2, -0.15) is 13.2 Å². The van der Waals surface area contributed by atoms with Crippen molar-refractivity contribution in [2.45, 2.75) is 32.7 Å². The number of alkyl halides is 3. The molecule has 1 aromatic carbocycles. The minimum absolute atomic E-state index is 0.0171. The Bertz CT molecular complexity index is 510. The number of ketones is 1. The SMILES string of the molecule is COCc1cc(C(=O)C(F)(F)F)c(OC(C)C)cc1OC. The van der Waals surface area contributed by atoms with Crippen molar-refractivity contribution in [3.8, 4) is 11.5 Å². The van der Waals surface area contributed by atoms with Crippen molar-refractivity contribution in [1.82, 2.24) is 0 Å². The van der Waals surface area contributed by atoms with Crippen LogP contribution < -0.4 is 9.47 Å². The lowest BCUT2D eigenvalue weighted by atomic mass is 10.0. The highest BCUT2D eigenvalue weighted by Gasteiger charge is 2.41. The zero-order valence-corrected chi connectivity index (χ0v) is 12.2. The molecule has 0 aliphatic carbocycles. The molecule has 0 atom stereocenters. The van der Waals surface area contributed by atoms with Gasteiger partial charge in [-0.05, 0) is 19.9 Å². The van der Waals surface area contributed by atoms with Crippen LogP contribution in [0.2, 0.25) is 0 Å². The average Bonchev–Trinajstić information content (AvgIpc) is 2.37. The Morgan fingerprint density at radius 3 is 2.24 bits per heavy atom. The molecule has 0 radical (unpaired) electrons. The molecular weight excluding hydrogens is 289 g/mol. The van der Waals surface area contributed by atoms with Crippen molar-refractivity contribution in [3.63, 3.8) is 0 Å². The number of hydrogen-bond donors (Lipinski definition) is 0. The van der Waals surface area contributed by atoms with Crippen LogP contribution in [0.25, 0.3) is 0 Å². The second kappa shape index (κ2) is 6.80. The highest BCUT2D eigenvalue weighted by molar-refractivity contribution is 6.03. The van der Waals surface area contributed by atoms with Crippen molar-refractivity contribution in [2.24, 2.45) is 0 Å². The molecule has 0 aromatic heterocycles. The van der Waals surface area contributed by atoms with E-state index in [0.717, 1.165) is 6.07 Å². The third-order valence-corrected chi connectivity index (χ3v) is 2.55. The maximum Gasteiger partial charge on any atom is 0.455 e. The lowest BCUT2D eigenvalue weighted by molar-refractivity contribution is -0.0887. The fourth-order valence-electron chi connectivity index (χ4n) is 1.75. The molecule has 1 rings (SSSR count). The van der Waals surface area contributed by atoms with Crippen molar-refractivity contribution in [2.75, 3.05) is 14.2 Å². The Morgan fingerprint density at radius 2 is 1.81 bits per heavy atom. The van der Waals surface area contributed by atoms with Gasteiger partial charge in [0, 0.05) is 18.7 Å². The van der Waals surface area contributed by atoms with Crippen LogP contribution in [0.1, 0.15) is 29.8 Å². The number of carbonyl (C=O) groups excluding carboxylic acids is 1. The molecule has 118 valence electrons. The van der Waals surface area contributed by atoms with Crippen LogP contribution in [-0.4, -0.2) is 32.3 Å². The minimum atomic E-state index is -4.98. The Kier molecular flexibility index (Phi) is 5.60. The van der Waals surface area contributed by atoms with E-state index >= 15 is 0 Å². The van der Waals surface area contributed by atoms with E-state index in [1.165, 1.54) is 20.3 Å². The van der Waals surface area contributed by atoms with Crippen LogP contribution in [-0.2, 0) is 11.3 Å². The molecule has 0 unspecified atom stereocenters. The number of ether oxygens (including phenoxy) is 3. The molecule has 21 heavy (non-hydrogen) atoms. The van der Waals surface area contributed by atoms with Gasteiger partial charge in [0.2, 0.25) is 0 Å². The van der Waals surface area contributed by atoms with Crippen LogP contribution in [0.15, 0.2) is 12.1 Å². The molecule has 0 saturated carbocycles. The van der Waals surface area contributed by atoms with Gasteiger partial charge in [0.05, 0.1) is 25.4 Å². The molecule has 0 bridgehead atoms. The van der Waals surface area contributed by atoms with Gasteiger partial charge in [0.15, 0.2) is 0 Å². The molecule has 0 aliphatic heterocycles. The van der Waals surface area contributed by atoms with Crippen LogP contribution >= 0.6 is 0 Å². The van der Waals surface area contributed by atoms with Gasteiger partial charge >= 0.3 is 6.18 Å². The first kappa shape index (κ1) is 17.3. The molecule has 0 saturated heterocycles. The van der Waals surface area contributed by atoms with Gasteiger partial charge < -0.3 is 14.2 Å². The minimum Gasteiger partial charge on any atom is -0.496 e. The van der Waals surface area contributed by atoms with Crippen LogP contribution in [0.5, 0.6) is 11.5 Å². The molecule has 0 fully saturated rings. The molecule has 0 heterocycles. The van der Waals surface area contributed by atoms with Crippen LogP contribution in [0, 0.1) is 0 Å². The number of carbonyl (C=O) groups is 1. The fourth-order valence-corrected chi connectivity index (χ4v) is 1.75. The lowest BCUT2D eigenvalue weighted by Gasteiger charge is -2.18. The first-order valence-electron chi connectivity index (χ1n) is 6.18. The van der Waals surface area contributed by atoms with E-state index in [0.29, 0.717) is 11.3 Å². The summed E-state index contributed by atoms with van der Waals surface area (Å²) in [6, 6.07) is 2.36. The molecule has 0 amide bonds. The van der Waals surface area contributed by atoms with E-state index in [4.69, 9.17) is 14.2 Å². The smallest absolute Gasteiger partial charge is 0.455 e. The number of hydrogen-bond acceptors (Lipinski definition) is 4. The fraction of sp³-hybridized carbons (Fsp3) is 0.500. The quantitative estimate of drug-likeness (QED) is 0.756. The topological polar surface area (TPSA) is 44.8 Å². The Balaban J connectivity index is 3.42. The van der Waals surface area contributed by atoms with E-state index in [-0.39, 0.29) is 18.5 Å². The third kappa shape index (κ3) is 4.35. The zero-order valence-electron chi connectivity index (χ0n) is 12.2. The Hall–Kier alpha value is -1.76. The second-order valence-corrected chi connectivity index (χ2v) is 4.59. The van der Waals surface area contributed by atoms with E-state index in [2.05, 4.69) is 0 Å². The van der Waals surface area contributed by atoms with Gasteiger partial charge in [-0.15, -0.1) is 0 Å². The monoisotopic (exact) mass is 306 g/mol. The van der Waals surface area contributed by atoms with Gasteiger partial charge in [-0.25, -0.2) is 0 Å². The summed E-state index contributed by atoms with van der Waals surface area (Å²) in [4.78, 5) is 11.5. The summed E-state index contributed by atoms with van der Waals surface area (Å²) in [7, 11) is 2.77. The first-order valence-corrected chi connectivity index (χ1v) is 6.18. The van der Waals surface area contributed by atoms with Crippen molar-refractivity contribution >= 4 is 5.78 Å². The number of rotatable bonds is 6. The Labute approximate surface area is 120 Å². The van der Waals surface area contributed by atoms with Gasteiger partial charge in [-0.3, -0.25) is 4.79 Å². The predicted octanol–water partition coefficient (Wildman–Crippen LogP) is 3.37. The maximum absolute atomic E-state index is 12.7. The molecule has 4 nitrogen and oxygen atoms in total. The number of benzene rings is 1. The average molecular weight is 306 g/mol. The van der Waals surface area contributed by atoms with Crippen LogP contribution in [0.4, 0.5) is 13.2 Å². The molecule has 0 spiro atoms. The summed E-state index contributed by atoms with van der Waals surface area (Å²) in [6.07, 6.45) is -5.36. The Morgan fingerprint density at radius 1 is 1.19 bits per heavy atom. The van der Waals surface area contributed by atoms with E-state index in [1.807, 2.05) is 0 Å². The molecule has 0 aliphatic rings. The highest BCUT2D eigenvalue weighted by atomic mass is 19.4. The number of halogens is 3. The number of methoxy groups -OCH3 is 2. The zero-order chi connectivity index (χ0) is 16.2. The van der Waals surface area contributed by atoms with Gasteiger partial charge in [-0.1, -0.05) is 0 Å². The summed E-state index contributed by atoms with van der Waals surface area (Å²) in [5.41, 5.74) is -0.215. The summed E-state index contributed by atoms with van der Waals surface area (Å²) in [5.74, 6) is -1.83. The summed E-state index contributed by atoms with van der Waals surface area (Å²) >= 11 is 0. The highest BCUT2D eigenvalue weighted by Crippen LogP contribution is 2.34. The molecule has 7 heteroatoms. The largest absolute Gasteiger partial charge is 0.496 e. The lowest BCUT2D eigenvalue weighted by Crippen LogP contribution is -2.24. The van der Waals surface area contributed by atoms with Crippen molar-refractivity contribution < 1.29 is 32.2 Å². The molecular formula is C14H17F3O4. The first-order chi connectivity index (χ1) is 9.70. The van der Waals surface area contributed by atoms with Crippen molar-refractivity contribution in [3.05, 3.63) is 23.3 Å². The predicted molar refractivity (Wildman–Crippen MR) is 69.9 cm³/mol. The molecule has 1 aromatic rings. The maximum atomic E-state index is 12.7. The number of Topliss-reactive ketones (excluding diaryl/α,β-unsaturated/α-hetero) is 1. The summed E-state index contributed by atoms with van der Waals surface area (Å²) in [6.45, 7) is 3.32. The van der Waals surface area contributed by atoms with E-state index < -0.39 is 17.5 Å². The van der Waals surface area contributed by atoms with Crippen molar-refractivity contribution in [1.29, 1.82) is 0 Å². The summed E-state index contributed by atoms with van der Waals surface area (Å²) < 4.78 is 53.3. The van der Waals surface area contributed by atoms with Gasteiger partial charge in [0.25, 0.3) is 5.78 Å². The second-order valence-electron chi connectivity index (χ2n) is 4.59. The van der Waals surface area contributed by atoms with E-state index in [9.17, 15) is 18.0 Å². The van der Waals surface area contributed by atoms with Gasteiger partial charge in [0.1, 0.15) is 11.5 Å². The standard InChI is InChI=1S/C14H17F3O4/c1-8(2)21-12-6-11(20-4)9(7-19-3)5-10(12)13(18)14(15,16)17/h5-6,8H,7H2,1-4H3. The van der Waals surface area contributed by atoms with Crippen LogP contribution in [0.3, 0.4) is 0 Å². The van der Waals surface area contributed by atoms with E-state index in [1.54, 1.807) is 13.8 Å². The normalized spacial score (nSPS) is 11.6.